The van der Waals surface area contributed by atoms with Crippen molar-refractivity contribution in [2.45, 2.75) is 26.4 Å². The molecule has 2 rings (SSSR count). The van der Waals surface area contributed by atoms with Crippen LogP contribution in [0.5, 0.6) is 0 Å². The summed E-state index contributed by atoms with van der Waals surface area (Å²) in [5.74, 6) is -1.07. The Morgan fingerprint density at radius 3 is 2.84 bits per heavy atom. The van der Waals surface area contributed by atoms with Gasteiger partial charge in [0, 0.05) is 0 Å². The Labute approximate surface area is 109 Å². The number of carboxylic acid groups (broad SMARTS) is 1. The van der Waals surface area contributed by atoms with E-state index in [1.807, 2.05) is 0 Å². The number of carbonyl (C=O) groups excluding carboxylic acids is 2. The molecular formula is C12H14N2O5. The summed E-state index contributed by atoms with van der Waals surface area (Å²) in [5.41, 5.74) is 0.0930. The van der Waals surface area contributed by atoms with Gasteiger partial charge in [-0.15, -0.1) is 0 Å². The second kappa shape index (κ2) is 4.85. The number of furan rings is 1. The van der Waals surface area contributed by atoms with Gasteiger partial charge in [0.2, 0.25) is 11.8 Å². The highest BCUT2D eigenvalue weighted by Gasteiger charge is 2.31. The molecule has 1 saturated heterocycles. The lowest BCUT2D eigenvalue weighted by Gasteiger charge is -2.30. The Morgan fingerprint density at radius 1 is 1.58 bits per heavy atom. The lowest BCUT2D eigenvalue weighted by Crippen LogP contribution is -2.56. The third kappa shape index (κ3) is 2.65. The van der Waals surface area contributed by atoms with E-state index in [1.165, 1.54) is 6.07 Å². The number of carbonyl (C=O) groups is 3. The number of aryl methyl sites for hydroxylation is 1. The van der Waals surface area contributed by atoms with Crippen molar-refractivity contribution >= 4 is 17.8 Å². The van der Waals surface area contributed by atoms with Crippen LogP contribution in [-0.2, 0) is 16.1 Å². The summed E-state index contributed by atoms with van der Waals surface area (Å²) in [6.07, 6.45) is 0. The van der Waals surface area contributed by atoms with E-state index in [2.05, 4.69) is 5.32 Å². The number of nitrogens with zero attached hydrogens (tertiary/aromatic N) is 1. The van der Waals surface area contributed by atoms with E-state index in [0.717, 1.165) is 0 Å². The first-order chi connectivity index (χ1) is 8.88. The number of hydrogen-bond acceptors (Lipinski definition) is 5. The molecule has 1 aliphatic heterocycles. The zero-order chi connectivity index (χ0) is 14.2. The molecule has 1 aliphatic rings. The van der Waals surface area contributed by atoms with E-state index in [-0.39, 0.29) is 30.5 Å². The van der Waals surface area contributed by atoms with Gasteiger partial charge < -0.3 is 9.52 Å². The van der Waals surface area contributed by atoms with Gasteiger partial charge in [0.1, 0.15) is 17.1 Å². The molecule has 2 N–H and O–H groups in total. The van der Waals surface area contributed by atoms with Crippen molar-refractivity contribution in [3.8, 4) is 0 Å². The van der Waals surface area contributed by atoms with E-state index in [0.29, 0.717) is 11.5 Å². The molecule has 19 heavy (non-hydrogen) atoms. The molecule has 0 radical (unpaired) electrons. The van der Waals surface area contributed by atoms with Crippen LogP contribution >= 0.6 is 0 Å². The second-order valence-corrected chi connectivity index (χ2v) is 4.48. The van der Waals surface area contributed by atoms with Gasteiger partial charge >= 0.3 is 5.97 Å². The molecule has 2 amide bonds. The van der Waals surface area contributed by atoms with Crippen molar-refractivity contribution in [3.05, 3.63) is 23.2 Å². The predicted octanol–water partition coefficient (Wildman–Crippen LogP) is 0.133. The Hall–Kier alpha value is -2.15. The van der Waals surface area contributed by atoms with E-state index in [1.54, 1.807) is 18.7 Å². The molecule has 0 aromatic carbocycles. The number of imide groups is 1. The van der Waals surface area contributed by atoms with Gasteiger partial charge in [0.05, 0.1) is 19.1 Å². The smallest absolute Gasteiger partial charge is 0.339 e. The molecule has 7 nitrogen and oxygen atoms in total. The fraction of sp³-hybridized carbons (Fsp3) is 0.417. The topological polar surface area (TPSA) is 99.9 Å². The fourth-order valence-electron chi connectivity index (χ4n) is 2.00. The quantitative estimate of drug-likeness (QED) is 0.754. The molecule has 1 unspecified atom stereocenters. The largest absolute Gasteiger partial charge is 0.478 e. The van der Waals surface area contributed by atoms with Crippen molar-refractivity contribution in [2.75, 3.05) is 6.54 Å². The number of rotatable bonds is 3. The molecule has 1 aromatic rings. The molecule has 0 spiro atoms. The van der Waals surface area contributed by atoms with Crippen LogP contribution in [-0.4, -0.2) is 40.4 Å². The summed E-state index contributed by atoms with van der Waals surface area (Å²) in [5, 5.41) is 11.2. The zero-order valence-electron chi connectivity index (χ0n) is 10.6. The number of carboxylic acids is 1. The van der Waals surface area contributed by atoms with Crippen LogP contribution in [0.25, 0.3) is 0 Å². The Morgan fingerprint density at radius 2 is 2.26 bits per heavy atom. The Kier molecular flexibility index (Phi) is 3.39. The normalized spacial score (nSPS) is 20.4. The predicted molar refractivity (Wildman–Crippen MR) is 63.4 cm³/mol. The van der Waals surface area contributed by atoms with Crippen molar-refractivity contribution < 1.29 is 23.9 Å². The van der Waals surface area contributed by atoms with Crippen LogP contribution in [0.4, 0.5) is 0 Å². The number of aromatic carboxylic acids is 1. The van der Waals surface area contributed by atoms with Gasteiger partial charge in [0.25, 0.3) is 0 Å². The third-order valence-corrected chi connectivity index (χ3v) is 3.09. The van der Waals surface area contributed by atoms with Crippen LogP contribution in [0.3, 0.4) is 0 Å². The highest BCUT2D eigenvalue weighted by molar-refractivity contribution is 6.00. The molecule has 0 bridgehead atoms. The van der Waals surface area contributed by atoms with Crippen molar-refractivity contribution in [1.82, 2.24) is 10.2 Å². The molecule has 7 heteroatoms. The first-order valence-corrected chi connectivity index (χ1v) is 5.79. The maximum absolute atomic E-state index is 11.5. The van der Waals surface area contributed by atoms with Crippen molar-refractivity contribution in [1.29, 1.82) is 0 Å². The minimum absolute atomic E-state index is 0.0784. The first kappa shape index (κ1) is 13.3. The molecule has 1 atom stereocenters. The number of hydrogen-bond donors (Lipinski definition) is 2. The van der Waals surface area contributed by atoms with Gasteiger partial charge in [-0.25, -0.2) is 4.79 Å². The highest BCUT2D eigenvalue weighted by Crippen LogP contribution is 2.18. The van der Waals surface area contributed by atoms with E-state index < -0.39 is 12.0 Å². The van der Waals surface area contributed by atoms with Gasteiger partial charge in [-0.05, 0) is 19.9 Å². The molecule has 0 aliphatic carbocycles. The fourth-order valence-corrected chi connectivity index (χ4v) is 2.00. The maximum Gasteiger partial charge on any atom is 0.339 e. The average molecular weight is 266 g/mol. The summed E-state index contributed by atoms with van der Waals surface area (Å²) in [7, 11) is 0. The SMILES string of the molecule is Cc1oc(CN2CC(=O)NC(=O)C2C)cc1C(=O)O. The van der Waals surface area contributed by atoms with Crippen LogP contribution in [0, 0.1) is 6.92 Å². The van der Waals surface area contributed by atoms with Crippen LogP contribution in [0.1, 0.15) is 28.8 Å². The zero-order valence-corrected chi connectivity index (χ0v) is 10.6. The van der Waals surface area contributed by atoms with E-state index >= 15 is 0 Å². The van der Waals surface area contributed by atoms with Crippen LogP contribution in [0.15, 0.2) is 10.5 Å². The van der Waals surface area contributed by atoms with Crippen LogP contribution < -0.4 is 5.32 Å². The van der Waals surface area contributed by atoms with Gasteiger partial charge in [-0.3, -0.25) is 19.8 Å². The van der Waals surface area contributed by atoms with Crippen molar-refractivity contribution in [2.24, 2.45) is 0 Å². The lowest BCUT2D eigenvalue weighted by atomic mass is 10.2. The number of nitrogens with one attached hydrogen (secondary N) is 1. The van der Waals surface area contributed by atoms with Gasteiger partial charge in [-0.2, -0.15) is 0 Å². The standard InChI is InChI=1S/C12H14N2O5/c1-6-11(16)13-10(15)5-14(6)4-8-3-9(12(17)18)7(2)19-8/h3,6H,4-5H2,1-2H3,(H,17,18)(H,13,15,16). The molecule has 2 heterocycles. The molecular weight excluding hydrogens is 252 g/mol. The minimum atomic E-state index is -1.06. The summed E-state index contributed by atoms with van der Waals surface area (Å²) >= 11 is 0. The third-order valence-electron chi connectivity index (χ3n) is 3.09. The molecule has 1 aromatic heterocycles. The van der Waals surface area contributed by atoms with Crippen LogP contribution in [0.2, 0.25) is 0 Å². The second-order valence-electron chi connectivity index (χ2n) is 4.48. The van der Waals surface area contributed by atoms with Gasteiger partial charge in [-0.1, -0.05) is 0 Å². The Balaban J connectivity index is 2.16. The first-order valence-electron chi connectivity index (χ1n) is 5.79. The molecule has 102 valence electrons. The summed E-state index contributed by atoms with van der Waals surface area (Å²) < 4.78 is 5.33. The van der Waals surface area contributed by atoms with Crippen molar-refractivity contribution in [3.63, 3.8) is 0 Å². The lowest BCUT2D eigenvalue weighted by molar-refractivity contribution is -0.139. The molecule has 0 saturated carbocycles. The van der Waals surface area contributed by atoms with E-state index in [9.17, 15) is 14.4 Å². The summed E-state index contributed by atoms with van der Waals surface area (Å²) in [4.78, 5) is 35.3. The summed E-state index contributed by atoms with van der Waals surface area (Å²) in [6.45, 7) is 3.53. The minimum Gasteiger partial charge on any atom is -0.478 e. The monoisotopic (exact) mass is 266 g/mol. The maximum atomic E-state index is 11.5. The average Bonchev–Trinajstić information content (AvgIpc) is 2.66. The molecule has 1 fully saturated rings. The van der Waals surface area contributed by atoms with Gasteiger partial charge in [0.15, 0.2) is 0 Å². The van der Waals surface area contributed by atoms with E-state index in [4.69, 9.17) is 9.52 Å². The highest BCUT2D eigenvalue weighted by atomic mass is 16.4. The Bertz CT molecular complexity index is 548. The number of amides is 2. The summed E-state index contributed by atoms with van der Waals surface area (Å²) in [6, 6.07) is 0.956. The number of piperazine rings is 1.